The van der Waals surface area contributed by atoms with Gasteiger partial charge in [-0.15, -0.1) is 0 Å². The normalized spacial score (nSPS) is 8.33. The lowest BCUT2D eigenvalue weighted by atomic mass is 10.1. The first-order valence-electron chi connectivity index (χ1n) is 3.40. The molecule has 0 aliphatic carbocycles. The van der Waals surface area contributed by atoms with Crippen LogP contribution in [0.5, 0.6) is 0 Å². The Morgan fingerprint density at radius 3 is 2.42 bits per heavy atom. The highest BCUT2D eigenvalue weighted by Crippen LogP contribution is 2.06. The van der Waals surface area contributed by atoms with Crippen molar-refractivity contribution >= 4 is 6.29 Å². The molecular weight excluding hydrogens is 159 g/mol. The quantitative estimate of drug-likeness (QED) is 0.649. The van der Waals surface area contributed by atoms with Crippen LogP contribution in [0.15, 0.2) is 18.2 Å². The Kier molecular flexibility index (Phi) is 4.88. The zero-order valence-corrected chi connectivity index (χ0v) is 7.04. The highest BCUT2D eigenvalue weighted by Gasteiger charge is 1.97. The molecule has 0 saturated carbocycles. The summed E-state index contributed by atoms with van der Waals surface area (Å²) in [6.07, 6.45) is 0.509. The first-order valence-corrected chi connectivity index (χ1v) is 3.40. The molecular formula is C9H11FO2. The Labute approximate surface area is 70.7 Å². The minimum absolute atomic E-state index is 0.116. The van der Waals surface area contributed by atoms with Crippen LogP contribution in [0.2, 0.25) is 0 Å². The maximum Gasteiger partial charge on any atom is 0.152 e. The summed E-state index contributed by atoms with van der Waals surface area (Å²) >= 11 is 0. The predicted molar refractivity (Wildman–Crippen MR) is 44.7 cm³/mol. The number of halogens is 1. The summed E-state index contributed by atoms with van der Waals surface area (Å²) in [5, 5.41) is 7.00. The Hall–Kier alpha value is -1.22. The highest BCUT2D eigenvalue weighted by molar-refractivity contribution is 5.75. The van der Waals surface area contributed by atoms with Crippen LogP contribution in [0.4, 0.5) is 4.39 Å². The molecule has 2 nitrogen and oxygen atoms in total. The van der Waals surface area contributed by atoms with Crippen LogP contribution in [0.1, 0.15) is 15.9 Å². The maximum atomic E-state index is 12.6. The molecule has 0 aliphatic heterocycles. The zero-order chi connectivity index (χ0) is 9.56. The molecule has 0 amide bonds. The number of hydrogen-bond acceptors (Lipinski definition) is 2. The van der Waals surface area contributed by atoms with E-state index >= 15 is 0 Å². The summed E-state index contributed by atoms with van der Waals surface area (Å²) in [5.41, 5.74) is 0.939. The van der Waals surface area contributed by atoms with Gasteiger partial charge in [0, 0.05) is 7.11 Å². The van der Waals surface area contributed by atoms with Crippen molar-refractivity contribution in [3.63, 3.8) is 0 Å². The van der Waals surface area contributed by atoms with Crippen LogP contribution in [-0.4, -0.2) is 18.5 Å². The molecule has 0 aliphatic rings. The third-order valence-corrected chi connectivity index (χ3v) is 1.28. The van der Waals surface area contributed by atoms with E-state index in [2.05, 4.69) is 0 Å². The summed E-state index contributed by atoms with van der Waals surface area (Å²) in [5.74, 6) is -0.449. The fourth-order valence-corrected chi connectivity index (χ4v) is 0.728. The average molecular weight is 170 g/mol. The lowest BCUT2D eigenvalue weighted by Crippen LogP contribution is -1.86. The van der Waals surface area contributed by atoms with Gasteiger partial charge in [0.25, 0.3) is 0 Å². The van der Waals surface area contributed by atoms with Crippen molar-refractivity contribution in [2.45, 2.75) is 6.92 Å². The van der Waals surface area contributed by atoms with E-state index in [0.29, 0.717) is 6.29 Å². The predicted octanol–water partition coefficient (Wildman–Crippen LogP) is 1.56. The van der Waals surface area contributed by atoms with Gasteiger partial charge in [0.1, 0.15) is 5.82 Å². The summed E-state index contributed by atoms with van der Waals surface area (Å²) in [6, 6.07) is 4.51. The van der Waals surface area contributed by atoms with Crippen molar-refractivity contribution in [3.8, 4) is 0 Å². The number of carbonyl (C=O) groups is 1. The molecule has 1 aromatic carbocycles. The minimum atomic E-state index is -0.449. The van der Waals surface area contributed by atoms with Crippen LogP contribution >= 0.6 is 0 Å². The number of rotatable bonds is 1. The Balaban J connectivity index is 0.000000561. The van der Waals surface area contributed by atoms with Gasteiger partial charge in [-0.05, 0) is 24.6 Å². The van der Waals surface area contributed by atoms with Crippen molar-refractivity contribution in [1.29, 1.82) is 0 Å². The first kappa shape index (κ1) is 10.8. The summed E-state index contributed by atoms with van der Waals surface area (Å²) in [6.45, 7) is 1.78. The van der Waals surface area contributed by atoms with Gasteiger partial charge in [0.2, 0.25) is 0 Å². The topological polar surface area (TPSA) is 37.3 Å². The molecule has 0 spiro atoms. The molecule has 12 heavy (non-hydrogen) atoms. The van der Waals surface area contributed by atoms with Gasteiger partial charge in [0.05, 0.1) is 5.56 Å². The number of aldehydes is 1. The Morgan fingerprint density at radius 2 is 2.00 bits per heavy atom. The third-order valence-electron chi connectivity index (χ3n) is 1.28. The van der Waals surface area contributed by atoms with E-state index in [1.165, 1.54) is 12.1 Å². The van der Waals surface area contributed by atoms with Gasteiger partial charge in [-0.1, -0.05) is 6.07 Å². The van der Waals surface area contributed by atoms with E-state index in [9.17, 15) is 9.18 Å². The van der Waals surface area contributed by atoms with Crippen molar-refractivity contribution in [3.05, 3.63) is 35.1 Å². The van der Waals surface area contributed by atoms with E-state index < -0.39 is 5.82 Å². The van der Waals surface area contributed by atoms with Gasteiger partial charge in [-0.2, -0.15) is 0 Å². The lowest BCUT2D eigenvalue weighted by molar-refractivity contribution is 0.112. The second-order valence-electron chi connectivity index (χ2n) is 2.14. The van der Waals surface area contributed by atoms with Gasteiger partial charge < -0.3 is 5.11 Å². The zero-order valence-electron chi connectivity index (χ0n) is 7.04. The minimum Gasteiger partial charge on any atom is -0.400 e. The molecule has 3 heteroatoms. The number of carbonyl (C=O) groups excluding carboxylic acids is 1. The molecule has 0 heterocycles. The van der Waals surface area contributed by atoms with E-state index in [-0.39, 0.29) is 5.56 Å². The summed E-state index contributed by atoms with van der Waals surface area (Å²) in [7, 11) is 1.00. The van der Waals surface area contributed by atoms with Crippen LogP contribution in [0.3, 0.4) is 0 Å². The molecule has 0 bridgehead atoms. The van der Waals surface area contributed by atoms with Crippen molar-refractivity contribution in [2.24, 2.45) is 0 Å². The van der Waals surface area contributed by atoms with Crippen molar-refractivity contribution < 1.29 is 14.3 Å². The second-order valence-corrected chi connectivity index (χ2v) is 2.14. The van der Waals surface area contributed by atoms with Crippen LogP contribution in [-0.2, 0) is 0 Å². The van der Waals surface area contributed by atoms with Crippen LogP contribution in [0, 0.1) is 12.7 Å². The van der Waals surface area contributed by atoms with Crippen LogP contribution < -0.4 is 0 Å². The SMILES string of the molecule is CO.Cc1ccc(C=O)c(F)c1. The standard InChI is InChI=1S/C8H7FO.CH4O/c1-6-2-3-7(5-10)8(9)4-6;1-2/h2-5H,1H3;2H,1H3. The molecule has 0 saturated heterocycles. The van der Waals surface area contributed by atoms with Gasteiger partial charge in [0.15, 0.2) is 6.29 Å². The molecule has 0 atom stereocenters. The molecule has 0 radical (unpaired) electrons. The van der Waals surface area contributed by atoms with E-state index in [1.54, 1.807) is 13.0 Å². The largest absolute Gasteiger partial charge is 0.400 e. The smallest absolute Gasteiger partial charge is 0.152 e. The lowest BCUT2D eigenvalue weighted by Gasteiger charge is -1.94. The summed E-state index contributed by atoms with van der Waals surface area (Å²) in [4.78, 5) is 10.1. The average Bonchev–Trinajstić information content (AvgIpc) is 2.08. The fourth-order valence-electron chi connectivity index (χ4n) is 0.728. The van der Waals surface area contributed by atoms with E-state index in [0.717, 1.165) is 12.7 Å². The number of aliphatic hydroxyl groups is 1. The summed E-state index contributed by atoms with van der Waals surface area (Å²) < 4.78 is 12.6. The second kappa shape index (κ2) is 5.43. The van der Waals surface area contributed by atoms with Gasteiger partial charge in [-0.3, -0.25) is 4.79 Å². The number of aryl methyl sites for hydroxylation is 1. The monoisotopic (exact) mass is 170 g/mol. The molecule has 0 aromatic heterocycles. The van der Waals surface area contributed by atoms with E-state index in [4.69, 9.17) is 5.11 Å². The number of benzene rings is 1. The highest BCUT2D eigenvalue weighted by atomic mass is 19.1. The number of hydrogen-bond donors (Lipinski definition) is 1. The Bertz CT molecular complexity index is 259. The molecule has 0 fully saturated rings. The maximum absolute atomic E-state index is 12.6. The van der Waals surface area contributed by atoms with Crippen LogP contribution in [0.25, 0.3) is 0 Å². The fraction of sp³-hybridized carbons (Fsp3) is 0.222. The third kappa shape index (κ3) is 2.80. The first-order chi connectivity index (χ1) is 5.74. The van der Waals surface area contributed by atoms with Crippen molar-refractivity contribution in [1.82, 2.24) is 0 Å². The molecule has 0 unspecified atom stereocenters. The van der Waals surface area contributed by atoms with Gasteiger partial charge in [-0.25, -0.2) is 4.39 Å². The molecule has 1 aromatic rings. The number of aliphatic hydroxyl groups excluding tert-OH is 1. The van der Waals surface area contributed by atoms with Crippen molar-refractivity contribution in [2.75, 3.05) is 7.11 Å². The molecule has 66 valence electrons. The molecule has 1 rings (SSSR count). The van der Waals surface area contributed by atoms with E-state index in [1.807, 2.05) is 0 Å². The Morgan fingerprint density at radius 1 is 1.42 bits per heavy atom. The van der Waals surface area contributed by atoms with Gasteiger partial charge >= 0.3 is 0 Å². The molecule has 1 N–H and O–H groups in total.